The molecule has 0 spiro atoms. The zero-order chi connectivity index (χ0) is 32.9. The highest BCUT2D eigenvalue weighted by Crippen LogP contribution is 2.38. The number of aromatic hydroxyl groups is 1. The van der Waals surface area contributed by atoms with E-state index < -0.39 is 28.8 Å². The second-order valence-electron chi connectivity index (χ2n) is 12.0. The average molecular weight is 665 g/mol. The standard InChI is InChI=1S/C32H36N6O6S2/c1-4-36-29(42)25(27(40)33-31(36)45)24(26-28(41)34-32(46)37(5-2)30(26)43)18-9-10-22(44-3)20(12-18)16-35-13-17-11-19(15-35)21-7-6-8-23(39)38(21)14-17/h6-10,12,17,19,24,42-43H,4-5,11,13-16H2,1-3H3,(H,33,40,45)(H,34,41,46)/t17-,19+/m0/s1. The number of quaternary nitrogens is 1. The fourth-order valence-electron chi connectivity index (χ4n) is 7.36. The van der Waals surface area contributed by atoms with Crippen molar-refractivity contribution < 1.29 is 19.8 Å². The molecule has 46 heavy (non-hydrogen) atoms. The van der Waals surface area contributed by atoms with E-state index in [1.807, 2.05) is 22.8 Å². The Balaban J connectivity index is 1.49. The minimum absolute atomic E-state index is 0.0202. The molecule has 4 aromatic rings. The molecule has 0 radical (unpaired) electrons. The first kappa shape index (κ1) is 31.7. The van der Waals surface area contributed by atoms with E-state index in [4.69, 9.17) is 29.2 Å². The van der Waals surface area contributed by atoms with E-state index in [0.717, 1.165) is 30.8 Å². The Morgan fingerprint density at radius 2 is 1.72 bits per heavy atom. The van der Waals surface area contributed by atoms with E-state index in [1.165, 1.54) is 14.0 Å². The van der Waals surface area contributed by atoms with Gasteiger partial charge in [-0.3, -0.25) is 28.9 Å². The molecule has 0 amide bonds. The minimum atomic E-state index is -1.25. The number of rotatable bonds is 8. The van der Waals surface area contributed by atoms with E-state index in [9.17, 15) is 24.6 Å². The van der Waals surface area contributed by atoms with Gasteiger partial charge in [0.15, 0.2) is 9.54 Å². The molecule has 2 aliphatic rings. The summed E-state index contributed by atoms with van der Waals surface area (Å²) < 4.78 is 10.2. The topological polar surface area (TPSA) is 155 Å². The molecule has 0 aliphatic carbocycles. The summed E-state index contributed by atoms with van der Waals surface area (Å²) in [5, 5.41) is 25.2. The van der Waals surface area contributed by atoms with Gasteiger partial charge in [0.2, 0.25) is 5.88 Å². The molecule has 14 heteroatoms. The fourth-order valence-corrected chi connectivity index (χ4v) is 7.98. The molecular formula is C32H36N6O6S2. The Kier molecular flexibility index (Phi) is 8.61. The SMILES string of the molecule is CCn1c([O-])c(C(c2ccc(OC)c(C[NH+]3C[C@@H]4C[C@H](C3)c3cccc(=O)n3C4)c2)c2c(O)n(CC)c(=S)[nH]c2=O)c(=O)[nH]c1=S. The predicted octanol–water partition coefficient (Wildman–Crippen LogP) is 1.50. The van der Waals surface area contributed by atoms with E-state index >= 15 is 0 Å². The third-order valence-electron chi connectivity index (χ3n) is 9.35. The van der Waals surface area contributed by atoms with E-state index in [-0.39, 0.29) is 45.2 Å². The van der Waals surface area contributed by atoms with Gasteiger partial charge in [0.1, 0.15) is 12.3 Å². The van der Waals surface area contributed by atoms with Crippen LogP contribution in [0.2, 0.25) is 0 Å². The number of aromatic nitrogens is 5. The van der Waals surface area contributed by atoms with Crippen LogP contribution in [0.1, 0.15) is 60.1 Å². The number of nitrogens with zero attached hydrogens (tertiary/aromatic N) is 3. The van der Waals surface area contributed by atoms with Gasteiger partial charge in [-0.25, -0.2) is 0 Å². The Morgan fingerprint density at radius 3 is 2.41 bits per heavy atom. The molecule has 242 valence electrons. The highest BCUT2D eigenvalue weighted by atomic mass is 32.1. The second-order valence-corrected chi connectivity index (χ2v) is 12.8. The van der Waals surface area contributed by atoms with Crippen LogP contribution in [0.3, 0.4) is 0 Å². The number of ether oxygens (including phenoxy) is 1. The summed E-state index contributed by atoms with van der Waals surface area (Å²) in [6.45, 7) is 6.83. The normalized spacial score (nSPS) is 19.4. The molecule has 2 bridgehead atoms. The van der Waals surface area contributed by atoms with E-state index in [2.05, 4.69) is 9.97 Å². The largest absolute Gasteiger partial charge is 0.860 e. The van der Waals surface area contributed by atoms with Crippen molar-refractivity contribution in [3.63, 3.8) is 0 Å². The molecule has 12 nitrogen and oxygen atoms in total. The number of nitrogens with one attached hydrogen (secondary N) is 3. The summed E-state index contributed by atoms with van der Waals surface area (Å²) in [7, 11) is 1.58. The van der Waals surface area contributed by atoms with Crippen molar-refractivity contribution in [2.75, 3.05) is 20.2 Å². The Morgan fingerprint density at radius 1 is 1.02 bits per heavy atom. The van der Waals surface area contributed by atoms with Crippen molar-refractivity contribution in [3.8, 4) is 17.5 Å². The molecule has 2 unspecified atom stereocenters. The molecule has 1 fully saturated rings. The molecule has 6 rings (SSSR count). The lowest BCUT2D eigenvalue weighted by Crippen LogP contribution is -3.13. The van der Waals surface area contributed by atoms with Crippen molar-refractivity contribution in [3.05, 3.63) is 105 Å². The Bertz CT molecular complexity index is 2050. The third-order valence-corrected chi connectivity index (χ3v) is 10.00. The van der Waals surface area contributed by atoms with E-state index in [0.29, 0.717) is 30.3 Å². The van der Waals surface area contributed by atoms with Crippen LogP contribution in [-0.2, 0) is 26.2 Å². The number of H-pyrrole nitrogens is 2. The quantitative estimate of drug-likeness (QED) is 0.207. The monoisotopic (exact) mass is 664 g/mol. The van der Waals surface area contributed by atoms with Gasteiger partial charge in [-0.15, -0.1) is 0 Å². The molecule has 5 heterocycles. The van der Waals surface area contributed by atoms with Gasteiger partial charge in [-0.05, 0) is 74.3 Å². The van der Waals surface area contributed by atoms with Crippen LogP contribution >= 0.6 is 24.4 Å². The van der Waals surface area contributed by atoms with Crippen LogP contribution in [-0.4, -0.2) is 49.0 Å². The van der Waals surface area contributed by atoms with Crippen LogP contribution in [0.4, 0.5) is 0 Å². The van der Waals surface area contributed by atoms with Crippen LogP contribution in [0, 0.1) is 15.5 Å². The van der Waals surface area contributed by atoms with Crippen molar-refractivity contribution in [1.29, 1.82) is 0 Å². The number of pyridine rings is 1. The maximum Gasteiger partial charge on any atom is 0.259 e. The number of hydrogen-bond donors (Lipinski definition) is 4. The molecule has 3 aromatic heterocycles. The molecular weight excluding hydrogens is 629 g/mol. The number of benzene rings is 1. The van der Waals surface area contributed by atoms with Crippen LogP contribution in [0.5, 0.6) is 17.5 Å². The summed E-state index contributed by atoms with van der Waals surface area (Å²) in [5.74, 6) is -1.13. The number of aromatic amines is 2. The molecule has 0 saturated carbocycles. The van der Waals surface area contributed by atoms with Gasteiger partial charge in [-0.2, -0.15) is 0 Å². The highest BCUT2D eigenvalue weighted by molar-refractivity contribution is 7.71. The summed E-state index contributed by atoms with van der Waals surface area (Å²) in [5.41, 5.74) is 0.497. The average Bonchev–Trinajstić information content (AvgIpc) is 3.01. The fraction of sp³-hybridized carbons (Fsp3) is 0.406. The number of likely N-dealkylation sites (tertiary alicyclic amines) is 1. The van der Waals surface area contributed by atoms with Gasteiger partial charge in [-0.1, -0.05) is 12.1 Å². The molecule has 1 saturated heterocycles. The number of hydrogen-bond acceptors (Lipinski definition) is 8. The van der Waals surface area contributed by atoms with Gasteiger partial charge >= 0.3 is 0 Å². The summed E-state index contributed by atoms with van der Waals surface area (Å²) >= 11 is 10.5. The lowest BCUT2D eigenvalue weighted by Gasteiger charge is -2.40. The molecule has 1 aromatic carbocycles. The van der Waals surface area contributed by atoms with E-state index in [1.54, 1.807) is 39.2 Å². The first-order chi connectivity index (χ1) is 22.1. The summed E-state index contributed by atoms with van der Waals surface area (Å²) in [4.78, 5) is 46.1. The maximum absolute atomic E-state index is 13.8. The molecule has 2 aliphatic heterocycles. The summed E-state index contributed by atoms with van der Waals surface area (Å²) in [6.07, 6.45) is 1.02. The van der Waals surface area contributed by atoms with Crippen LogP contribution in [0.25, 0.3) is 0 Å². The van der Waals surface area contributed by atoms with Crippen LogP contribution in [0.15, 0.2) is 50.8 Å². The van der Waals surface area contributed by atoms with Crippen molar-refractivity contribution >= 4 is 24.4 Å². The number of fused-ring (bicyclic) bond motifs is 4. The lowest BCUT2D eigenvalue weighted by molar-refractivity contribution is -0.924. The zero-order valence-electron chi connectivity index (χ0n) is 25.8. The first-order valence-corrected chi connectivity index (χ1v) is 16.2. The Labute approximate surface area is 274 Å². The van der Waals surface area contributed by atoms with Crippen molar-refractivity contribution in [2.45, 2.75) is 58.3 Å². The van der Waals surface area contributed by atoms with Gasteiger partial charge in [0.25, 0.3) is 16.7 Å². The third kappa shape index (κ3) is 5.43. The van der Waals surface area contributed by atoms with Gasteiger partial charge in [0, 0.05) is 54.4 Å². The van der Waals surface area contributed by atoms with Crippen LogP contribution < -0.4 is 31.4 Å². The van der Waals surface area contributed by atoms with Gasteiger partial charge < -0.3 is 29.0 Å². The zero-order valence-corrected chi connectivity index (χ0v) is 27.4. The maximum atomic E-state index is 13.8. The lowest BCUT2D eigenvalue weighted by atomic mass is 9.82. The minimum Gasteiger partial charge on any atom is -0.860 e. The summed E-state index contributed by atoms with van der Waals surface area (Å²) in [6, 6.07) is 10.8. The Hall–Kier alpha value is -4.27. The first-order valence-electron chi connectivity index (χ1n) is 15.4. The highest BCUT2D eigenvalue weighted by Gasteiger charge is 2.38. The number of piperidine rings is 1. The smallest absolute Gasteiger partial charge is 0.259 e. The molecule has 4 N–H and O–H groups in total. The predicted molar refractivity (Wildman–Crippen MR) is 174 cm³/mol. The number of methoxy groups -OCH3 is 1. The molecule has 4 atom stereocenters. The van der Waals surface area contributed by atoms with Crippen molar-refractivity contribution in [1.82, 2.24) is 23.7 Å². The van der Waals surface area contributed by atoms with Crippen molar-refractivity contribution in [2.24, 2.45) is 5.92 Å². The van der Waals surface area contributed by atoms with Gasteiger partial charge in [0.05, 0.1) is 31.7 Å². The second kappa shape index (κ2) is 12.5.